The van der Waals surface area contributed by atoms with Gasteiger partial charge in [-0.25, -0.2) is 4.98 Å². The summed E-state index contributed by atoms with van der Waals surface area (Å²) in [5, 5.41) is 10.7. The van der Waals surface area contributed by atoms with Crippen LogP contribution in [-0.2, 0) is 19.4 Å². The smallest absolute Gasteiger partial charge is 0.251 e. The molecular weight excluding hydrogens is 497 g/mol. The molecule has 29 heavy (non-hydrogen) atoms. The molecule has 3 N–H and O–H groups in total. The first kappa shape index (κ1) is 25.4. The number of guanidine groups is 1. The number of aromatic nitrogens is 1. The fraction of sp³-hybridized carbons (Fsp3) is 0.476. The molecule has 1 amide bonds. The second kappa shape index (κ2) is 12.1. The van der Waals surface area contributed by atoms with Crippen LogP contribution in [-0.4, -0.2) is 36.0 Å². The standard InChI is InChI=1S/C21H31N5OS.HI/c1-6-17-14-24-18(28-17)10-11-23-20(22-5)25-13-15-8-7-9-16(12-15)19(27)26-21(2,3)4;/h7-9,12,14H,6,10-11,13H2,1-5H3,(H,26,27)(H2,22,23,25);1H. The minimum absolute atomic E-state index is 0. The molecule has 1 aromatic carbocycles. The Bertz CT molecular complexity index is 813. The highest BCUT2D eigenvalue weighted by atomic mass is 127. The van der Waals surface area contributed by atoms with Gasteiger partial charge in [-0.1, -0.05) is 19.1 Å². The van der Waals surface area contributed by atoms with E-state index in [1.807, 2.05) is 51.2 Å². The van der Waals surface area contributed by atoms with Gasteiger partial charge in [0.2, 0.25) is 0 Å². The molecule has 0 aliphatic heterocycles. The minimum atomic E-state index is -0.257. The maximum atomic E-state index is 12.3. The number of hydrogen-bond donors (Lipinski definition) is 3. The van der Waals surface area contributed by atoms with Gasteiger partial charge in [0.05, 0.1) is 5.01 Å². The summed E-state index contributed by atoms with van der Waals surface area (Å²) in [6.45, 7) is 9.42. The van der Waals surface area contributed by atoms with Crippen molar-refractivity contribution >= 4 is 47.2 Å². The predicted molar refractivity (Wildman–Crippen MR) is 132 cm³/mol. The molecule has 0 unspecified atom stereocenters. The summed E-state index contributed by atoms with van der Waals surface area (Å²) in [7, 11) is 1.75. The first-order chi connectivity index (χ1) is 13.3. The zero-order valence-electron chi connectivity index (χ0n) is 17.8. The van der Waals surface area contributed by atoms with Gasteiger partial charge < -0.3 is 16.0 Å². The average Bonchev–Trinajstić information content (AvgIpc) is 3.11. The lowest BCUT2D eigenvalue weighted by molar-refractivity contribution is 0.0919. The maximum Gasteiger partial charge on any atom is 0.251 e. The number of aryl methyl sites for hydroxylation is 1. The van der Waals surface area contributed by atoms with Gasteiger partial charge >= 0.3 is 0 Å². The number of rotatable bonds is 7. The fourth-order valence-corrected chi connectivity index (χ4v) is 3.42. The third kappa shape index (κ3) is 9.12. The normalized spacial score (nSPS) is 11.6. The van der Waals surface area contributed by atoms with Gasteiger partial charge in [-0.3, -0.25) is 9.79 Å². The van der Waals surface area contributed by atoms with E-state index >= 15 is 0 Å². The highest BCUT2D eigenvalue weighted by Gasteiger charge is 2.15. The number of carbonyl (C=O) groups excluding carboxylic acids is 1. The van der Waals surface area contributed by atoms with E-state index in [4.69, 9.17) is 0 Å². The summed E-state index contributed by atoms with van der Waals surface area (Å²) in [6.07, 6.45) is 3.85. The van der Waals surface area contributed by atoms with Crippen molar-refractivity contribution in [2.24, 2.45) is 4.99 Å². The molecule has 0 atom stereocenters. The van der Waals surface area contributed by atoms with Crippen LogP contribution >= 0.6 is 35.3 Å². The van der Waals surface area contributed by atoms with Crippen LogP contribution in [0, 0.1) is 0 Å². The quantitative estimate of drug-likeness (QED) is 0.290. The fourth-order valence-electron chi connectivity index (χ4n) is 2.56. The van der Waals surface area contributed by atoms with Crippen molar-refractivity contribution in [3.8, 4) is 0 Å². The van der Waals surface area contributed by atoms with Crippen molar-refractivity contribution in [3.05, 3.63) is 51.5 Å². The van der Waals surface area contributed by atoms with Gasteiger partial charge in [-0.15, -0.1) is 35.3 Å². The molecule has 0 saturated carbocycles. The number of nitrogens with zero attached hydrogens (tertiary/aromatic N) is 2. The first-order valence-electron chi connectivity index (χ1n) is 9.60. The molecule has 2 rings (SSSR count). The molecule has 2 aromatic rings. The molecule has 0 aliphatic carbocycles. The van der Waals surface area contributed by atoms with E-state index in [2.05, 4.69) is 32.9 Å². The van der Waals surface area contributed by atoms with Gasteiger partial charge in [-0.2, -0.15) is 0 Å². The van der Waals surface area contributed by atoms with E-state index in [1.54, 1.807) is 18.4 Å². The SMILES string of the molecule is CCc1cnc(CCNC(=NC)NCc2cccc(C(=O)NC(C)(C)C)c2)s1.I. The van der Waals surface area contributed by atoms with E-state index < -0.39 is 0 Å². The van der Waals surface area contributed by atoms with Crippen molar-refractivity contribution < 1.29 is 4.79 Å². The molecule has 6 nitrogen and oxygen atoms in total. The summed E-state index contributed by atoms with van der Waals surface area (Å²) in [4.78, 5) is 22.3. The van der Waals surface area contributed by atoms with Crippen molar-refractivity contribution in [2.45, 2.75) is 52.6 Å². The first-order valence-corrected chi connectivity index (χ1v) is 10.4. The van der Waals surface area contributed by atoms with Gasteiger partial charge in [0.1, 0.15) is 0 Å². The van der Waals surface area contributed by atoms with Crippen molar-refractivity contribution in [3.63, 3.8) is 0 Å². The molecule has 1 heterocycles. The van der Waals surface area contributed by atoms with E-state index in [1.165, 1.54) is 4.88 Å². The third-order valence-corrected chi connectivity index (χ3v) is 5.14. The van der Waals surface area contributed by atoms with E-state index in [0.717, 1.165) is 35.9 Å². The lowest BCUT2D eigenvalue weighted by Gasteiger charge is -2.20. The van der Waals surface area contributed by atoms with Crippen LogP contribution in [0.25, 0.3) is 0 Å². The van der Waals surface area contributed by atoms with Gasteiger partial charge in [-0.05, 0) is 44.9 Å². The number of carbonyl (C=O) groups is 1. The van der Waals surface area contributed by atoms with Crippen molar-refractivity contribution in [2.75, 3.05) is 13.6 Å². The number of halogens is 1. The van der Waals surface area contributed by atoms with Crippen LogP contribution in [0.4, 0.5) is 0 Å². The number of aliphatic imine (C=N–C) groups is 1. The third-order valence-electron chi connectivity index (χ3n) is 3.94. The van der Waals surface area contributed by atoms with Crippen LogP contribution in [0.15, 0.2) is 35.5 Å². The second-order valence-electron chi connectivity index (χ2n) is 7.58. The lowest BCUT2D eigenvalue weighted by atomic mass is 10.1. The molecule has 160 valence electrons. The summed E-state index contributed by atoms with van der Waals surface area (Å²) >= 11 is 1.76. The van der Waals surface area contributed by atoms with Crippen molar-refractivity contribution in [1.29, 1.82) is 0 Å². The van der Waals surface area contributed by atoms with E-state index in [0.29, 0.717) is 12.1 Å². The molecule has 0 saturated heterocycles. The molecule has 0 fully saturated rings. The number of thiazole rings is 1. The number of hydrogen-bond acceptors (Lipinski definition) is 4. The molecular formula is C21H32IN5OS. The van der Waals surface area contributed by atoms with E-state index in [-0.39, 0.29) is 35.4 Å². The molecule has 0 aliphatic rings. The summed E-state index contributed by atoms with van der Waals surface area (Å²) in [5.41, 5.74) is 1.43. The highest BCUT2D eigenvalue weighted by molar-refractivity contribution is 14.0. The van der Waals surface area contributed by atoms with Crippen LogP contribution in [0.2, 0.25) is 0 Å². The molecule has 0 bridgehead atoms. The van der Waals surface area contributed by atoms with E-state index in [9.17, 15) is 4.79 Å². The van der Waals surface area contributed by atoms with Crippen LogP contribution in [0.5, 0.6) is 0 Å². The Morgan fingerprint density at radius 3 is 2.62 bits per heavy atom. The van der Waals surface area contributed by atoms with Gasteiger partial charge in [0.15, 0.2) is 5.96 Å². The van der Waals surface area contributed by atoms with Crippen LogP contribution in [0.1, 0.15) is 53.5 Å². The Labute approximate surface area is 195 Å². The summed E-state index contributed by atoms with van der Waals surface area (Å²) in [6, 6.07) is 7.63. The molecule has 1 aromatic heterocycles. The number of amides is 1. The molecule has 8 heteroatoms. The Kier molecular flexibility index (Phi) is 10.6. The lowest BCUT2D eigenvalue weighted by Crippen LogP contribution is -2.40. The average molecular weight is 529 g/mol. The number of nitrogens with one attached hydrogen (secondary N) is 3. The summed E-state index contributed by atoms with van der Waals surface area (Å²) in [5.74, 6) is 0.670. The van der Waals surface area contributed by atoms with Crippen molar-refractivity contribution in [1.82, 2.24) is 20.9 Å². The van der Waals surface area contributed by atoms with Crippen LogP contribution in [0.3, 0.4) is 0 Å². The topological polar surface area (TPSA) is 78.4 Å². The summed E-state index contributed by atoms with van der Waals surface area (Å²) < 4.78 is 0. The molecule has 0 spiro atoms. The Balaban J connectivity index is 0.00000420. The van der Waals surface area contributed by atoms with Gasteiger partial charge in [0, 0.05) is 48.7 Å². The monoisotopic (exact) mass is 529 g/mol. The largest absolute Gasteiger partial charge is 0.356 e. The zero-order valence-corrected chi connectivity index (χ0v) is 21.0. The number of benzene rings is 1. The minimum Gasteiger partial charge on any atom is -0.356 e. The maximum absolute atomic E-state index is 12.3. The Hall–Kier alpha value is -1.68. The van der Waals surface area contributed by atoms with Gasteiger partial charge in [0.25, 0.3) is 5.91 Å². The predicted octanol–water partition coefficient (Wildman–Crippen LogP) is 3.76. The zero-order chi connectivity index (χ0) is 20.6. The van der Waals surface area contributed by atoms with Crippen LogP contribution < -0.4 is 16.0 Å². The molecule has 0 radical (unpaired) electrons. The highest BCUT2D eigenvalue weighted by Crippen LogP contribution is 2.13. The second-order valence-corrected chi connectivity index (χ2v) is 8.78. The Morgan fingerprint density at radius 2 is 2.00 bits per heavy atom. The Morgan fingerprint density at radius 1 is 1.24 bits per heavy atom.